The van der Waals surface area contributed by atoms with Gasteiger partial charge in [0.05, 0.1) is 5.69 Å². The largest absolute Gasteiger partial charge is 0.371 e. The molecule has 1 saturated carbocycles. The van der Waals surface area contributed by atoms with E-state index < -0.39 is 0 Å². The molecule has 0 amide bonds. The first-order valence-electron chi connectivity index (χ1n) is 5.92. The Kier molecular flexibility index (Phi) is 3.76. The van der Waals surface area contributed by atoms with Crippen LogP contribution in [0.15, 0.2) is 5.38 Å². The molecule has 84 valence electrons. The molecule has 1 heterocycles. The summed E-state index contributed by atoms with van der Waals surface area (Å²) in [6, 6.07) is 0. The van der Waals surface area contributed by atoms with Crippen LogP contribution in [-0.4, -0.2) is 11.6 Å². The molecule has 0 bridgehead atoms. The zero-order valence-electron chi connectivity index (χ0n) is 9.53. The maximum absolute atomic E-state index is 5.73. The van der Waals surface area contributed by atoms with Crippen LogP contribution in [0.2, 0.25) is 0 Å². The normalized spacial score (nSPS) is 18.0. The minimum Gasteiger partial charge on any atom is -0.371 e. The van der Waals surface area contributed by atoms with E-state index in [1.165, 1.54) is 23.5 Å². The highest BCUT2D eigenvalue weighted by molar-refractivity contribution is 7.09. The lowest BCUT2D eigenvalue weighted by Gasteiger charge is -2.12. The van der Waals surface area contributed by atoms with Gasteiger partial charge in [0.1, 0.15) is 11.1 Å². The molecule has 2 rings (SSSR count). The van der Waals surface area contributed by atoms with E-state index in [2.05, 4.69) is 19.2 Å². The van der Waals surface area contributed by atoms with Crippen molar-refractivity contribution in [1.29, 1.82) is 0 Å². The van der Waals surface area contributed by atoms with Gasteiger partial charge in [0.25, 0.3) is 0 Å². The van der Waals surface area contributed by atoms with Crippen molar-refractivity contribution in [3.63, 3.8) is 0 Å². The van der Waals surface area contributed by atoms with Crippen molar-refractivity contribution in [1.82, 2.24) is 4.98 Å². The van der Waals surface area contributed by atoms with E-state index in [-0.39, 0.29) is 6.10 Å². The summed E-state index contributed by atoms with van der Waals surface area (Å²) in [7, 11) is 0. The van der Waals surface area contributed by atoms with Gasteiger partial charge in [0.15, 0.2) is 0 Å². The molecule has 0 spiro atoms. The highest BCUT2D eigenvalue weighted by Gasteiger charge is 2.27. The molecule has 0 N–H and O–H groups in total. The third-order valence-corrected chi connectivity index (χ3v) is 3.68. The van der Waals surface area contributed by atoms with E-state index in [1.807, 2.05) is 0 Å². The second-order valence-corrected chi connectivity index (χ2v) is 5.01. The minimum atomic E-state index is 0.234. The van der Waals surface area contributed by atoms with Crippen LogP contribution in [-0.2, 0) is 4.74 Å². The van der Waals surface area contributed by atoms with Crippen LogP contribution in [0.5, 0.6) is 0 Å². The zero-order chi connectivity index (χ0) is 10.7. The Morgan fingerprint density at radius 2 is 2.33 bits per heavy atom. The van der Waals surface area contributed by atoms with Gasteiger partial charge in [-0.05, 0) is 26.2 Å². The van der Waals surface area contributed by atoms with Crippen molar-refractivity contribution in [3.05, 3.63) is 16.1 Å². The molecular formula is C12H19NOS. The Morgan fingerprint density at radius 1 is 1.53 bits per heavy atom. The van der Waals surface area contributed by atoms with Crippen LogP contribution in [0, 0.1) is 0 Å². The van der Waals surface area contributed by atoms with Gasteiger partial charge in [-0.3, -0.25) is 0 Å². The predicted octanol–water partition coefficient (Wildman–Crippen LogP) is 3.90. The van der Waals surface area contributed by atoms with Crippen molar-refractivity contribution in [2.24, 2.45) is 0 Å². The molecule has 1 unspecified atom stereocenters. The van der Waals surface area contributed by atoms with E-state index in [0.717, 1.165) is 25.4 Å². The molecular weight excluding hydrogens is 206 g/mol. The molecule has 1 aliphatic carbocycles. The van der Waals surface area contributed by atoms with Gasteiger partial charge in [-0.2, -0.15) is 0 Å². The Labute approximate surface area is 95.7 Å². The minimum absolute atomic E-state index is 0.234. The maximum Gasteiger partial charge on any atom is 0.122 e. The second-order valence-electron chi connectivity index (χ2n) is 4.12. The van der Waals surface area contributed by atoms with Crippen LogP contribution in [0.25, 0.3) is 0 Å². The Morgan fingerprint density at radius 3 is 2.93 bits per heavy atom. The third kappa shape index (κ3) is 2.79. The van der Waals surface area contributed by atoms with Crippen LogP contribution >= 0.6 is 11.3 Å². The van der Waals surface area contributed by atoms with Crippen LogP contribution < -0.4 is 0 Å². The quantitative estimate of drug-likeness (QED) is 0.732. The molecule has 0 saturated heterocycles. The monoisotopic (exact) mass is 225 g/mol. The van der Waals surface area contributed by atoms with E-state index in [9.17, 15) is 0 Å². The number of hydrogen-bond donors (Lipinski definition) is 0. The van der Waals surface area contributed by atoms with Crippen molar-refractivity contribution >= 4 is 11.3 Å². The van der Waals surface area contributed by atoms with Gasteiger partial charge in [-0.25, -0.2) is 4.98 Å². The van der Waals surface area contributed by atoms with E-state index in [0.29, 0.717) is 0 Å². The highest BCUT2D eigenvalue weighted by Crippen LogP contribution is 2.41. The molecule has 2 nitrogen and oxygen atoms in total. The number of ether oxygens (including phenoxy) is 1. The molecule has 0 radical (unpaired) electrons. The van der Waals surface area contributed by atoms with Crippen molar-refractivity contribution in [3.8, 4) is 0 Å². The molecule has 1 atom stereocenters. The van der Waals surface area contributed by atoms with E-state index >= 15 is 0 Å². The molecule has 0 aliphatic heterocycles. The topological polar surface area (TPSA) is 22.1 Å². The number of aromatic nitrogens is 1. The van der Waals surface area contributed by atoms with Crippen molar-refractivity contribution < 1.29 is 4.74 Å². The van der Waals surface area contributed by atoms with E-state index in [4.69, 9.17) is 9.72 Å². The maximum atomic E-state index is 5.73. The number of nitrogens with zero attached hydrogens (tertiary/aromatic N) is 1. The molecule has 1 aromatic rings. The fourth-order valence-corrected chi connectivity index (χ4v) is 2.74. The Hall–Kier alpha value is -0.410. The summed E-state index contributed by atoms with van der Waals surface area (Å²) in [5, 5.41) is 3.40. The third-order valence-electron chi connectivity index (χ3n) is 2.73. The van der Waals surface area contributed by atoms with Crippen LogP contribution in [0.1, 0.15) is 62.3 Å². The molecule has 15 heavy (non-hydrogen) atoms. The average Bonchev–Trinajstić information content (AvgIpc) is 2.97. The van der Waals surface area contributed by atoms with Gasteiger partial charge in [0, 0.05) is 17.9 Å². The summed E-state index contributed by atoms with van der Waals surface area (Å²) in [5.41, 5.74) is 1.30. The van der Waals surface area contributed by atoms with Gasteiger partial charge in [-0.1, -0.05) is 13.3 Å². The second kappa shape index (κ2) is 5.08. The van der Waals surface area contributed by atoms with Gasteiger partial charge in [-0.15, -0.1) is 11.3 Å². The lowest BCUT2D eigenvalue weighted by Crippen LogP contribution is -2.03. The Bertz CT molecular complexity index is 300. The number of thiazole rings is 1. The molecule has 3 heteroatoms. The SMILES string of the molecule is CCCC(OCC)c1nc(C2CC2)cs1. The molecule has 1 aliphatic rings. The zero-order valence-corrected chi connectivity index (χ0v) is 10.3. The van der Waals surface area contributed by atoms with E-state index in [1.54, 1.807) is 11.3 Å². The fraction of sp³-hybridized carbons (Fsp3) is 0.750. The fourth-order valence-electron chi connectivity index (χ4n) is 1.76. The lowest BCUT2D eigenvalue weighted by atomic mass is 10.2. The van der Waals surface area contributed by atoms with Gasteiger partial charge >= 0.3 is 0 Å². The molecule has 1 aromatic heterocycles. The number of rotatable bonds is 6. The smallest absolute Gasteiger partial charge is 0.122 e. The van der Waals surface area contributed by atoms with Crippen molar-refractivity contribution in [2.75, 3.05) is 6.61 Å². The number of hydrogen-bond acceptors (Lipinski definition) is 3. The highest BCUT2D eigenvalue weighted by atomic mass is 32.1. The Balaban J connectivity index is 2.03. The summed E-state index contributed by atoms with van der Waals surface area (Å²) in [5.74, 6) is 0.763. The average molecular weight is 225 g/mol. The first kappa shape index (κ1) is 11.1. The van der Waals surface area contributed by atoms with Crippen molar-refractivity contribution in [2.45, 2.75) is 51.6 Å². The standard InChI is InChI=1S/C12H19NOS/c1-3-5-11(14-4-2)12-13-10(8-15-12)9-6-7-9/h8-9,11H,3-7H2,1-2H3. The molecule has 1 fully saturated rings. The molecule has 0 aromatic carbocycles. The first-order chi connectivity index (χ1) is 7.35. The van der Waals surface area contributed by atoms with Crippen LogP contribution in [0.3, 0.4) is 0 Å². The summed E-state index contributed by atoms with van der Waals surface area (Å²) in [4.78, 5) is 4.70. The summed E-state index contributed by atoms with van der Waals surface area (Å²) in [6.45, 7) is 5.03. The lowest BCUT2D eigenvalue weighted by molar-refractivity contribution is 0.0554. The van der Waals surface area contributed by atoms with Gasteiger partial charge in [0.2, 0.25) is 0 Å². The summed E-state index contributed by atoms with van der Waals surface area (Å²) < 4.78 is 5.73. The van der Waals surface area contributed by atoms with Gasteiger partial charge < -0.3 is 4.74 Å². The van der Waals surface area contributed by atoms with Crippen LogP contribution in [0.4, 0.5) is 0 Å². The summed E-state index contributed by atoms with van der Waals surface area (Å²) >= 11 is 1.77. The first-order valence-corrected chi connectivity index (χ1v) is 6.80. The summed E-state index contributed by atoms with van der Waals surface area (Å²) in [6.07, 6.45) is 5.14. The predicted molar refractivity (Wildman–Crippen MR) is 63.4 cm³/mol.